The number of urea groups is 1. The zero-order chi connectivity index (χ0) is 14.2. The molecule has 1 aromatic heterocycles. The highest BCUT2D eigenvalue weighted by molar-refractivity contribution is 5.73. The maximum atomic E-state index is 11.6. The van der Waals surface area contributed by atoms with Crippen LogP contribution in [0.15, 0.2) is 18.5 Å². The number of rotatable bonds is 6. The van der Waals surface area contributed by atoms with Crippen molar-refractivity contribution in [2.75, 3.05) is 13.2 Å². The third-order valence-corrected chi connectivity index (χ3v) is 3.61. The first kappa shape index (κ1) is 14.9. The van der Waals surface area contributed by atoms with E-state index in [0.717, 1.165) is 25.0 Å². The maximum Gasteiger partial charge on any atom is 0.315 e. The molecule has 5 nitrogen and oxygen atoms in total. The van der Waals surface area contributed by atoms with Gasteiger partial charge in [-0.1, -0.05) is 0 Å². The molecule has 2 heterocycles. The largest absolute Gasteiger partial charge is 0.378 e. The molecule has 1 aliphatic rings. The summed E-state index contributed by atoms with van der Waals surface area (Å²) in [5, 5.41) is 5.74. The Hall–Kier alpha value is -1.49. The van der Waals surface area contributed by atoms with E-state index in [0.29, 0.717) is 19.2 Å². The average Bonchev–Trinajstić information content (AvgIpc) is 2.88. The molecule has 0 unspecified atom stereocenters. The molecule has 112 valence electrons. The Bertz CT molecular complexity index is 411. The molecule has 2 amide bonds. The highest BCUT2D eigenvalue weighted by Gasteiger charge is 2.13. The minimum Gasteiger partial charge on any atom is -0.378 e. The van der Waals surface area contributed by atoms with E-state index in [1.807, 2.05) is 30.1 Å². The predicted molar refractivity (Wildman–Crippen MR) is 78.5 cm³/mol. The summed E-state index contributed by atoms with van der Waals surface area (Å²) in [6, 6.07) is 1.90. The van der Waals surface area contributed by atoms with Crippen LogP contribution in [0.3, 0.4) is 0 Å². The lowest BCUT2D eigenvalue weighted by atomic mass is 10.0. The number of nitrogens with one attached hydrogen (secondary N) is 2. The van der Waals surface area contributed by atoms with E-state index < -0.39 is 0 Å². The molecule has 20 heavy (non-hydrogen) atoms. The molecule has 1 aliphatic heterocycles. The molecular formula is C15H25N3O2. The zero-order valence-electron chi connectivity index (χ0n) is 12.2. The molecule has 2 N–H and O–H groups in total. The second-order valence-corrected chi connectivity index (χ2v) is 5.43. The van der Waals surface area contributed by atoms with Crippen molar-refractivity contribution in [3.8, 4) is 0 Å². The lowest BCUT2D eigenvalue weighted by molar-refractivity contribution is 0.0103. The minimum atomic E-state index is -0.0987. The molecular weight excluding hydrogens is 254 g/mol. The van der Waals surface area contributed by atoms with Gasteiger partial charge in [-0.2, -0.15) is 0 Å². The number of ether oxygens (including phenoxy) is 1. The summed E-state index contributed by atoms with van der Waals surface area (Å²) in [5.74, 6) is 0. The number of carbonyl (C=O) groups excluding carboxylic acids is 1. The molecule has 0 aromatic carbocycles. The smallest absolute Gasteiger partial charge is 0.315 e. The van der Waals surface area contributed by atoms with Crippen LogP contribution in [0.25, 0.3) is 0 Å². The monoisotopic (exact) mass is 279 g/mol. The Labute approximate surface area is 120 Å². The number of carbonyl (C=O) groups is 1. The van der Waals surface area contributed by atoms with Crippen molar-refractivity contribution in [3.63, 3.8) is 0 Å². The fourth-order valence-electron chi connectivity index (χ4n) is 2.48. The number of nitrogens with zero attached hydrogens (tertiary/aromatic N) is 1. The number of amides is 2. The Kier molecular flexibility index (Phi) is 5.92. The topological polar surface area (TPSA) is 55.3 Å². The first-order chi connectivity index (χ1) is 9.74. The maximum absolute atomic E-state index is 11.6. The van der Waals surface area contributed by atoms with Gasteiger partial charge in [-0.3, -0.25) is 0 Å². The van der Waals surface area contributed by atoms with Gasteiger partial charge in [0.05, 0.1) is 6.10 Å². The number of hydrogen-bond donors (Lipinski definition) is 2. The van der Waals surface area contributed by atoms with Gasteiger partial charge in [0.15, 0.2) is 0 Å². The number of aryl methyl sites for hydroxylation is 1. The van der Waals surface area contributed by atoms with Crippen LogP contribution in [0, 0.1) is 0 Å². The highest BCUT2D eigenvalue weighted by atomic mass is 16.5. The van der Waals surface area contributed by atoms with Crippen LogP contribution in [0.1, 0.15) is 37.7 Å². The Morgan fingerprint density at radius 1 is 1.45 bits per heavy atom. The van der Waals surface area contributed by atoms with Crippen LogP contribution in [0.4, 0.5) is 4.79 Å². The molecule has 1 aromatic rings. The molecule has 1 atom stereocenters. The Morgan fingerprint density at radius 2 is 2.35 bits per heavy atom. The standard InChI is InChI=1S/C15H25N3O2/c1-18-9-7-13(12-18)11-17-15(19)16-8-4-6-14-5-2-3-10-20-14/h7,9,12,14H,2-6,8,10-11H2,1H3,(H2,16,17,19)/t14-/m1/s1. The summed E-state index contributed by atoms with van der Waals surface area (Å²) in [7, 11) is 1.97. The van der Waals surface area contributed by atoms with Gasteiger partial charge in [0.25, 0.3) is 0 Å². The van der Waals surface area contributed by atoms with Gasteiger partial charge in [-0.15, -0.1) is 0 Å². The van der Waals surface area contributed by atoms with Crippen molar-refractivity contribution in [1.29, 1.82) is 0 Å². The SMILES string of the molecule is Cn1ccc(CNC(=O)NCCC[C@H]2CCCCO2)c1. The van der Waals surface area contributed by atoms with Gasteiger partial charge < -0.3 is 19.9 Å². The van der Waals surface area contributed by atoms with Crippen LogP contribution in [0.5, 0.6) is 0 Å². The lowest BCUT2D eigenvalue weighted by Gasteiger charge is -2.22. The van der Waals surface area contributed by atoms with E-state index in [1.165, 1.54) is 19.3 Å². The van der Waals surface area contributed by atoms with Crippen LogP contribution in [-0.2, 0) is 18.3 Å². The minimum absolute atomic E-state index is 0.0987. The summed E-state index contributed by atoms with van der Waals surface area (Å²) in [6.45, 7) is 2.18. The molecule has 2 rings (SSSR count). The molecule has 1 fully saturated rings. The summed E-state index contributed by atoms with van der Waals surface area (Å²) >= 11 is 0. The van der Waals surface area contributed by atoms with Crippen molar-refractivity contribution >= 4 is 6.03 Å². The Balaban J connectivity index is 1.51. The predicted octanol–water partition coefficient (Wildman–Crippen LogP) is 2.17. The quantitative estimate of drug-likeness (QED) is 0.784. The first-order valence-corrected chi connectivity index (χ1v) is 7.48. The van der Waals surface area contributed by atoms with Crippen LogP contribution >= 0.6 is 0 Å². The number of hydrogen-bond acceptors (Lipinski definition) is 2. The van der Waals surface area contributed by atoms with E-state index in [-0.39, 0.29) is 6.03 Å². The molecule has 0 bridgehead atoms. The molecule has 0 spiro atoms. The number of aromatic nitrogens is 1. The Morgan fingerprint density at radius 3 is 3.05 bits per heavy atom. The normalized spacial score (nSPS) is 18.8. The van der Waals surface area contributed by atoms with E-state index >= 15 is 0 Å². The summed E-state index contributed by atoms with van der Waals surface area (Å²) in [6.07, 6.45) is 10.0. The summed E-state index contributed by atoms with van der Waals surface area (Å²) in [4.78, 5) is 11.6. The third kappa shape index (κ3) is 5.25. The van der Waals surface area contributed by atoms with E-state index in [1.54, 1.807) is 0 Å². The fourth-order valence-corrected chi connectivity index (χ4v) is 2.48. The molecule has 5 heteroatoms. The van der Waals surface area contributed by atoms with Crippen molar-refractivity contribution in [2.24, 2.45) is 7.05 Å². The second kappa shape index (κ2) is 7.94. The van der Waals surface area contributed by atoms with Crippen LogP contribution < -0.4 is 10.6 Å². The van der Waals surface area contributed by atoms with Crippen LogP contribution in [-0.4, -0.2) is 29.9 Å². The molecule has 0 saturated carbocycles. The van der Waals surface area contributed by atoms with E-state index in [4.69, 9.17) is 4.74 Å². The van der Waals surface area contributed by atoms with Crippen LogP contribution in [0.2, 0.25) is 0 Å². The third-order valence-electron chi connectivity index (χ3n) is 3.61. The van der Waals surface area contributed by atoms with Gasteiger partial charge in [0.1, 0.15) is 0 Å². The van der Waals surface area contributed by atoms with Crippen molar-refractivity contribution in [2.45, 2.75) is 44.8 Å². The molecule has 0 radical (unpaired) electrons. The lowest BCUT2D eigenvalue weighted by Crippen LogP contribution is -2.35. The summed E-state index contributed by atoms with van der Waals surface area (Å²) in [5.41, 5.74) is 1.11. The van der Waals surface area contributed by atoms with E-state index in [9.17, 15) is 4.79 Å². The van der Waals surface area contributed by atoms with Gasteiger partial charge in [-0.25, -0.2) is 4.79 Å². The average molecular weight is 279 g/mol. The van der Waals surface area contributed by atoms with Gasteiger partial charge in [-0.05, 0) is 43.7 Å². The van der Waals surface area contributed by atoms with E-state index in [2.05, 4.69) is 10.6 Å². The van der Waals surface area contributed by atoms with Crippen molar-refractivity contribution < 1.29 is 9.53 Å². The van der Waals surface area contributed by atoms with Crippen molar-refractivity contribution in [1.82, 2.24) is 15.2 Å². The molecule has 1 saturated heterocycles. The fraction of sp³-hybridized carbons (Fsp3) is 0.667. The van der Waals surface area contributed by atoms with Gasteiger partial charge >= 0.3 is 6.03 Å². The molecule has 0 aliphatic carbocycles. The summed E-state index contributed by atoms with van der Waals surface area (Å²) < 4.78 is 7.63. The van der Waals surface area contributed by atoms with Gasteiger partial charge in [0.2, 0.25) is 0 Å². The second-order valence-electron chi connectivity index (χ2n) is 5.43. The zero-order valence-corrected chi connectivity index (χ0v) is 12.2. The van der Waals surface area contributed by atoms with Crippen molar-refractivity contribution in [3.05, 3.63) is 24.0 Å². The first-order valence-electron chi connectivity index (χ1n) is 7.48. The highest BCUT2D eigenvalue weighted by Crippen LogP contribution is 2.16. The van der Waals surface area contributed by atoms with Gasteiger partial charge in [0, 0.05) is 39.1 Å².